The van der Waals surface area contributed by atoms with Crippen molar-refractivity contribution in [3.8, 4) is 0 Å². The Hall–Kier alpha value is -1.61. The van der Waals surface area contributed by atoms with Crippen LogP contribution in [0.15, 0.2) is 46.9 Å². The number of carbonyl (C=O) groups is 1. The van der Waals surface area contributed by atoms with Crippen LogP contribution in [-0.4, -0.2) is 5.91 Å². The Bertz CT molecular complexity index is 620. The van der Waals surface area contributed by atoms with Crippen LogP contribution in [0.4, 0.5) is 5.69 Å². The van der Waals surface area contributed by atoms with E-state index in [0.717, 1.165) is 28.6 Å². The van der Waals surface area contributed by atoms with Gasteiger partial charge >= 0.3 is 0 Å². The third kappa shape index (κ3) is 4.71. The molecule has 0 spiro atoms. The number of rotatable bonds is 5. The number of anilines is 1. The minimum Gasteiger partial charge on any atom is -0.326 e. The lowest BCUT2D eigenvalue weighted by Crippen LogP contribution is -2.12. The normalized spacial score (nSPS) is 10.4. The summed E-state index contributed by atoms with van der Waals surface area (Å²) in [4.78, 5) is 12.0. The van der Waals surface area contributed by atoms with Crippen molar-refractivity contribution in [1.82, 2.24) is 0 Å². The Morgan fingerprint density at radius 1 is 1.10 bits per heavy atom. The molecule has 0 radical (unpaired) electrons. The summed E-state index contributed by atoms with van der Waals surface area (Å²) >= 11 is 3.46. The molecule has 21 heavy (non-hydrogen) atoms. The topological polar surface area (TPSA) is 29.1 Å². The Balaban J connectivity index is 1.87. The predicted molar refractivity (Wildman–Crippen MR) is 91.6 cm³/mol. The highest BCUT2D eigenvalue weighted by molar-refractivity contribution is 9.10. The van der Waals surface area contributed by atoms with E-state index < -0.39 is 0 Å². The molecule has 0 atom stereocenters. The lowest BCUT2D eigenvalue weighted by molar-refractivity contribution is -0.116. The number of carbonyl (C=O) groups excluding carboxylic acids is 1. The van der Waals surface area contributed by atoms with Crippen molar-refractivity contribution in [2.75, 3.05) is 5.32 Å². The standard InChI is InChI=1S/C18H20BrNO/c1-3-14-4-6-15(7-5-14)8-11-18(21)20-16-9-10-17(19)13(2)12-16/h4-7,9-10,12H,3,8,11H2,1-2H3,(H,20,21). The zero-order valence-corrected chi connectivity index (χ0v) is 14.0. The molecule has 2 aromatic rings. The van der Waals surface area contributed by atoms with Gasteiger partial charge in [0.05, 0.1) is 0 Å². The molecule has 0 saturated carbocycles. The molecule has 3 heteroatoms. The second kappa shape index (κ2) is 7.41. The average Bonchev–Trinajstić information content (AvgIpc) is 2.49. The predicted octanol–water partition coefficient (Wildman–Crippen LogP) is 4.89. The molecule has 0 unspecified atom stereocenters. The molecule has 0 aliphatic rings. The van der Waals surface area contributed by atoms with Crippen molar-refractivity contribution in [3.05, 3.63) is 63.6 Å². The number of halogens is 1. The highest BCUT2D eigenvalue weighted by Crippen LogP contribution is 2.20. The minimum absolute atomic E-state index is 0.0521. The Morgan fingerprint density at radius 2 is 1.76 bits per heavy atom. The Kier molecular flexibility index (Phi) is 5.57. The van der Waals surface area contributed by atoms with Gasteiger partial charge in [0, 0.05) is 16.6 Å². The van der Waals surface area contributed by atoms with Crippen LogP contribution in [0, 0.1) is 6.92 Å². The highest BCUT2D eigenvalue weighted by Gasteiger charge is 2.04. The molecule has 0 bridgehead atoms. The summed E-state index contributed by atoms with van der Waals surface area (Å²) < 4.78 is 1.05. The van der Waals surface area contributed by atoms with E-state index in [1.165, 1.54) is 11.1 Å². The zero-order valence-electron chi connectivity index (χ0n) is 12.4. The van der Waals surface area contributed by atoms with Crippen LogP contribution in [0.3, 0.4) is 0 Å². The molecular weight excluding hydrogens is 326 g/mol. The molecule has 1 amide bonds. The smallest absolute Gasteiger partial charge is 0.224 e. The van der Waals surface area contributed by atoms with Crippen LogP contribution in [0.25, 0.3) is 0 Å². The van der Waals surface area contributed by atoms with Crippen molar-refractivity contribution < 1.29 is 4.79 Å². The molecule has 0 aliphatic carbocycles. The van der Waals surface area contributed by atoms with Gasteiger partial charge in [-0.25, -0.2) is 0 Å². The monoisotopic (exact) mass is 345 g/mol. The van der Waals surface area contributed by atoms with E-state index in [4.69, 9.17) is 0 Å². The number of benzene rings is 2. The number of nitrogens with one attached hydrogen (secondary N) is 1. The fraction of sp³-hybridized carbons (Fsp3) is 0.278. The minimum atomic E-state index is 0.0521. The summed E-state index contributed by atoms with van der Waals surface area (Å²) in [6.07, 6.45) is 2.32. The van der Waals surface area contributed by atoms with Crippen LogP contribution in [0.5, 0.6) is 0 Å². The van der Waals surface area contributed by atoms with E-state index in [9.17, 15) is 4.79 Å². The number of hydrogen-bond acceptors (Lipinski definition) is 1. The van der Waals surface area contributed by atoms with Gasteiger partial charge in [0.1, 0.15) is 0 Å². The van der Waals surface area contributed by atoms with Crippen molar-refractivity contribution in [3.63, 3.8) is 0 Å². The Labute approximate surface area is 134 Å². The SMILES string of the molecule is CCc1ccc(CCC(=O)Nc2ccc(Br)c(C)c2)cc1. The van der Waals surface area contributed by atoms with Crippen LogP contribution in [-0.2, 0) is 17.6 Å². The van der Waals surface area contributed by atoms with Crippen molar-refractivity contribution in [1.29, 1.82) is 0 Å². The molecule has 2 nitrogen and oxygen atoms in total. The first-order chi connectivity index (χ1) is 10.1. The molecular formula is C18H20BrNO. The molecule has 0 heterocycles. The van der Waals surface area contributed by atoms with Gasteiger partial charge in [0.15, 0.2) is 0 Å². The van der Waals surface area contributed by atoms with Gasteiger partial charge in [0.25, 0.3) is 0 Å². The first-order valence-corrected chi connectivity index (χ1v) is 8.01. The molecule has 0 fully saturated rings. The van der Waals surface area contributed by atoms with Gasteiger partial charge in [-0.3, -0.25) is 4.79 Å². The van der Waals surface area contributed by atoms with Gasteiger partial charge in [0.2, 0.25) is 5.91 Å². The maximum Gasteiger partial charge on any atom is 0.224 e. The van der Waals surface area contributed by atoms with Gasteiger partial charge in [-0.1, -0.05) is 47.1 Å². The van der Waals surface area contributed by atoms with Crippen molar-refractivity contribution in [2.45, 2.75) is 33.1 Å². The number of aryl methyl sites for hydroxylation is 3. The molecule has 0 saturated heterocycles. The summed E-state index contributed by atoms with van der Waals surface area (Å²) in [7, 11) is 0. The second-order valence-corrected chi connectivity index (χ2v) is 6.04. The van der Waals surface area contributed by atoms with Gasteiger partial charge in [-0.2, -0.15) is 0 Å². The van der Waals surface area contributed by atoms with Crippen LogP contribution < -0.4 is 5.32 Å². The summed E-state index contributed by atoms with van der Waals surface area (Å²) in [6, 6.07) is 14.3. The third-order valence-corrected chi connectivity index (χ3v) is 4.40. The maximum absolute atomic E-state index is 12.0. The van der Waals surface area contributed by atoms with E-state index >= 15 is 0 Å². The highest BCUT2D eigenvalue weighted by atomic mass is 79.9. The summed E-state index contributed by atoms with van der Waals surface area (Å²) in [6.45, 7) is 4.15. The first-order valence-electron chi connectivity index (χ1n) is 7.22. The largest absolute Gasteiger partial charge is 0.326 e. The summed E-state index contributed by atoms with van der Waals surface area (Å²) in [5.41, 5.74) is 4.49. The lowest BCUT2D eigenvalue weighted by Gasteiger charge is -2.07. The quantitative estimate of drug-likeness (QED) is 0.820. The second-order valence-electron chi connectivity index (χ2n) is 5.18. The molecule has 0 aliphatic heterocycles. The lowest BCUT2D eigenvalue weighted by atomic mass is 10.1. The van der Waals surface area contributed by atoms with E-state index in [0.29, 0.717) is 6.42 Å². The van der Waals surface area contributed by atoms with Crippen LogP contribution >= 0.6 is 15.9 Å². The van der Waals surface area contributed by atoms with Crippen molar-refractivity contribution in [2.24, 2.45) is 0 Å². The molecule has 2 aromatic carbocycles. The third-order valence-electron chi connectivity index (χ3n) is 3.51. The molecule has 110 valence electrons. The molecule has 1 N–H and O–H groups in total. The van der Waals surface area contributed by atoms with Crippen molar-refractivity contribution >= 4 is 27.5 Å². The van der Waals surface area contributed by atoms with Crippen LogP contribution in [0.1, 0.15) is 30.0 Å². The van der Waals surface area contributed by atoms with E-state index in [1.807, 2.05) is 25.1 Å². The summed E-state index contributed by atoms with van der Waals surface area (Å²) in [5, 5.41) is 2.94. The zero-order chi connectivity index (χ0) is 15.2. The number of hydrogen-bond donors (Lipinski definition) is 1. The Morgan fingerprint density at radius 3 is 2.38 bits per heavy atom. The van der Waals surface area contributed by atoms with E-state index in [2.05, 4.69) is 52.4 Å². The fourth-order valence-electron chi connectivity index (χ4n) is 2.15. The van der Waals surface area contributed by atoms with Gasteiger partial charge in [-0.05, 0) is 54.7 Å². The van der Waals surface area contributed by atoms with Gasteiger partial charge in [-0.15, -0.1) is 0 Å². The number of amides is 1. The van der Waals surface area contributed by atoms with Crippen LogP contribution in [0.2, 0.25) is 0 Å². The van der Waals surface area contributed by atoms with Gasteiger partial charge < -0.3 is 5.32 Å². The fourth-order valence-corrected chi connectivity index (χ4v) is 2.39. The first kappa shape index (κ1) is 15.8. The molecule has 0 aromatic heterocycles. The average molecular weight is 346 g/mol. The maximum atomic E-state index is 12.0. The summed E-state index contributed by atoms with van der Waals surface area (Å²) in [5.74, 6) is 0.0521. The molecule has 2 rings (SSSR count). The van der Waals surface area contributed by atoms with E-state index in [1.54, 1.807) is 0 Å². The van der Waals surface area contributed by atoms with E-state index in [-0.39, 0.29) is 5.91 Å².